The summed E-state index contributed by atoms with van der Waals surface area (Å²) in [5.74, 6) is -0.110. The van der Waals surface area contributed by atoms with Gasteiger partial charge in [0.2, 0.25) is 5.91 Å². The first kappa shape index (κ1) is 12.0. The molecule has 1 heterocycles. The van der Waals surface area contributed by atoms with E-state index in [0.29, 0.717) is 25.9 Å². The van der Waals surface area contributed by atoms with Gasteiger partial charge in [0.05, 0.1) is 0 Å². The van der Waals surface area contributed by atoms with E-state index in [1.807, 2.05) is 0 Å². The summed E-state index contributed by atoms with van der Waals surface area (Å²) in [5, 5.41) is 0. The van der Waals surface area contributed by atoms with Crippen molar-refractivity contribution in [1.82, 2.24) is 0 Å². The smallest absolute Gasteiger partial charge is 0.227 e. The van der Waals surface area contributed by atoms with E-state index >= 15 is 0 Å². The molecule has 0 aromatic heterocycles. The molecule has 1 aromatic carbocycles. The molecule has 3 nitrogen and oxygen atoms in total. The van der Waals surface area contributed by atoms with E-state index in [1.54, 1.807) is 11.0 Å². The predicted octanol–water partition coefficient (Wildman–Crippen LogP) is 1.84. The summed E-state index contributed by atoms with van der Waals surface area (Å²) in [5.41, 5.74) is 7.23. The summed E-state index contributed by atoms with van der Waals surface area (Å²) in [4.78, 5) is 13.6. The van der Waals surface area contributed by atoms with Crippen molar-refractivity contribution < 1.29 is 9.18 Å². The fourth-order valence-corrected chi connectivity index (χ4v) is 2.19. The van der Waals surface area contributed by atoms with Gasteiger partial charge in [-0.3, -0.25) is 4.79 Å². The zero-order chi connectivity index (χ0) is 12.3. The van der Waals surface area contributed by atoms with Crippen LogP contribution in [0.2, 0.25) is 0 Å². The maximum atomic E-state index is 13.1. The molecule has 0 aliphatic carbocycles. The maximum Gasteiger partial charge on any atom is 0.227 e. The van der Waals surface area contributed by atoms with Crippen LogP contribution < -0.4 is 10.6 Å². The molecule has 17 heavy (non-hydrogen) atoms. The first-order valence-corrected chi connectivity index (χ1v) is 6.01. The SMILES string of the molecule is NCCCCN1C(=O)CCc2cc(F)ccc21. The second-order valence-electron chi connectivity index (χ2n) is 4.31. The zero-order valence-electron chi connectivity index (χ0n) is 9.79. The minimum absolute atomic E-state index is 0.126. The van der Waals surface area contributed by atoms with Gasteiger partial charge in [0.1, 0.15) is 5.82 Å². The highest BCUT2D eigenvalue weighted by atomic mass is 19.1. The third-order valence-electron chi connectivity index (χ3n) is 3.08. The lowest BCUT2D eigenvalue weighted by atomic mass is 10.0. The number of nitrogens with two attached hydrogens (primary N) is 1. The summed E-state index contributed by atoms with van der Waals surface area (Å²) >= 11 is 0. The second-order valence-corrected chi connectivity index (χ2v) is 4.31. The van der Waals surface area contributed by atoms with Crippen LogP contribution in [0.5, 0.6) is 0 Å². The van der Waals surface area contributed by atoms with Crippen LogP contribution >= 0.6 is 0 Å². The van der Waals surface area contributed by atoms with Crippen molar-refractivity contribution in [1.29, 1.82) is 0 Å². The van der Waals surface area contributed by atoms with E-state index in [9.17, 15) is 9.18 Å². The fourth-order valence-electron chi connectivity index (χ4n) is 2.19. The Balaban J connectivity index is 2.18. The molecule has 2 N–H and O–H groups in total. The number of fused-ring (bicyclic) bond motifs is 1. The first-order valence-electron chi connectivity index (χ1n) is 6.01. The van der Waals surface area contributed by atoms with E-state index in [1.165, 1.54) is 12.1 Å². The highest BCUT2D eigenvalue weighted by Crippen LogP contribution is 2.28. The lowest BCUT2D eigenvalue weighted by Gasteiger charge is -2.29. The van der Waals surface area contributed by atoms with Crippen LogP contribution in [0.3, 0.4) is 0 Å². The van der Waals surface area contributed by atoms with Crippen LogP contribution in [-0.2, 0) is 11.2 Å². The summed E-state index contributed by atoms with van der Waals surface area (Å²) in [6.45, 7) is 1.31. The predicted molar refractivity (Wildman–Crippen MR) is 65.4 cm³/mol. The van der Waals surface area contributed by atoms with Gasteiger partial charge in [-0.1, -0.05) is 0 Å². The molecule has 1 amide bonds. The van der Waals surface area contributed by atoms with Crippen LogP contribution in [0, 0.1) is 5.82 Å². The van der Waals surface area contributed by atoms with E-state index in [4.69, 9.17) is 5.73 Å². The molecule has 1 aliphatic rings. The number of nitrogens with zero attached hydrogens (tertiary/aromatic N) is 1. The Morgan fingerprint density at radius 1 is 1.29 bits per heavy atom. The van der Waals surface area contributed by atoms with Crippen molar-refractivity contribution in [3.8, 4) is 0 Å². The number of carbonyl (C=O) groups excluding carboxylic acids is 1. The molecule has 0 spiro atoms. The zero-order valence-corrected chi connectivity index (χ0v) is 9.79. The molecular formula is C13H17FN2O. The fraction of sp³-hybridized carbons (Fsp3) is 0.462. The third kappa shape index (κ3) is 2.64. The number of halogens is 1. The van der Waals surface area contributed by atoms with Gasteiger partial charge in [-0.15, -0.1) is 0 Å². The average Bonchev–Trinajstić information content (AvgIpc) is 2.32. The van der Waals surface area contributed by atoms with Gasteiger partial charge in [-0.2, -0.15) is 0 Å². The molecule has 2 rings (SSSR count). The molecule has 92 valence electrons. The number of anilines is 1. The van der Waals surface area contributed by atoms with Crippen LogP contribution in [-0.4, -0.2) is 19.0 Å². The lowest BCUT2D eigenvalue weighted by Crippen LogP contribution is -2.36. The molecule has 0 saturated carbocycles. The van der Waals surface area contributed by atoms with Crippen LogP contribution in [0.15, 0.2) is 18.2 Å². The standard InChI is InChI=1S/C13H17FN2O/c14-11-4-5-12-10(9-11)3-6-13(17)16(12)8-2-1-7-15/h4-5,9H,1-3,6-8,15H2. The molecule has 0 fully saturated rings. The van der Waals surface area contributed by atoms with Gasteiger partial charge in [-0.05, 0) is 49.6 Å². The topological polar surface area (TPSA) is 46.3 Å². The number of hydrogen-bond donors (Lipinski definition) is 1. The Morgan fingerprint density at radius 3 is 2.88 bits per heavy atom. The molecule has 1 aliphatic heterocycles. The minimum atomic E-state index is -0.236. The molecule has 4 heteroatoms. The number of carbonyl (C=O) groups is 1. The quantitative estimate of drug-likeness (QED) is 0.811. The molecular weight excluding hydrogens is 219 g/mol. The number of aryl methyl sites for hydroxylation is 1. The van der Waals surface area contributed by atoms with Crippen molar-refractivity contribution in [2.75, 3.05) is 18.0 Å². The largest absolute Gasteiger partial charge is 0.330 e. The number of amides is 1. The highest BCUT2D eigenvalue weighted by Gasteiger charge is 2.23. The third-order valence-corrected chi connectivity index (χ3v) is 3.08. The van der Waals surface area contributed by atoms with Crippen LogP contribution in [0.1, 0.15) is 24.8 Å². The summed E-state index contributed by atoms with van der Waals surface area (Å²) in [6, 6.07) is 4.63. The van der Waals surface area contributed by atoms with Gasteiger partial charge in [0, 0.05) is 18.7 Å². The summed E-state index contributed by atoms with van der Waals surface area (Å²) in [7, 11) is 0. The average molecular weight is 236 g/mol. The highest BCUT2D eigenvalue weighted by molar-refractivity contribution is 5.96. The van der Waals surface area contributed by atoms with Crippen molar-refractivity contribution in [3.63, 3.8) is 0 Å². The Kier molecular flexibility index (Phi) is 3.74. The molecule has 0 bridgehead atoms. The second kappa shape index (κ2) is 5.27. The first-order chi connectivity index (χ1) is 8.22. The Hall–Kier alpha value is -1.42. The number of unbranched alkanes of at least 4 members (excludes halogenated alkanes) is 1. The van der Waals surface area contributed by atoms with E-state index in [-0.39, 0.29) is 11.7 Å². The Bertz CT molecular complexity index is 420. The van der Waals surface area contributed by atoms with Crippen LogP contribution in [0.4, 0.5) is 10.1 Å². The Morgan fingerprint density at radius 2 is 2.12 bits per heavy atom. The van der Waals surface area contributed by atoms with Crippen molar-refractivity contribution in [2.45, 2.75) is 25.7 Å². The van der Waals surface area contributed by atoms with Gasteiger partial charge in [0.15, 0.2) is 0 Å². The van der Waals surface area contributed by atoms with E-state index in [2.05, 4.69) is 0 Å². The van der Waals surface area contributed by atoms with Gasteiger partial charge >= 0.3 is 0 Å². The number of rotatable bonds is 4. The van der Waals surface area contributed by atoms with E-state index in [0.717, 1.165) is 24.1 Å². The normalized spacial score (nSPS) is 14.9. The lowest BCUT2D eigenvalue weighted by molar-refractivity contribution is -0.118. The monoisotopic (exact) mass is 236 g/mol. The molecule has 0 unspecified atom stereocenters. The number of benzene rings is 1. The van der Waals surface area contributed by atoms with Crippen LogP contribution in [0.25, 0.3) is 0 Å². The Labute approximate surface area is 100 Å². The molecule has 0 saturated heterocycles. The summed E-state index contributed by atoms with van der Waals surface area (Å²) in [6.07, 6.45) is 2.90. The minimum Gasteiger partial charge on any atom is -0.330 e. The van der Waals surface area contributed by atoms with Gasteiger partial charge in [-0.25, -0.2) is 4.39 Å². The number of hydrogen-bond acceptors (Lipinski definition) is 2. The van der Waals surface area contributed by atoms with Crippen molar-refractivity contribution in [2.24, 2.45) is 5.73 Å². The maximum absolute atomic E-state index is 13.1. The molecule has 0 atom stereocenters. The van der Waals surface area contributed by atoms with Crippen molar-refractivity contribution in [3.05, 3.63) is 29.6 Å². The van der Waals surface area contributed by atoms with E-state index < -0.39 is 0 Å². The summed E-state index contributed by atoms with van der Waals surface area (Å²) < 4.78 is 13.1. The van der Waals surface area contributed by atoms with Crippen molar-refractivity contribution >= 4 is 11.6 Å². The van der Waals surface area contributed by atoms with Gasteiger partial charge in [0.25, 0.3) is 0 Å². The molecule has 1 aromatic rings. The van der Waals surface area contributed by atoms with Gasteiger partial charge < -0.3 is 10.6 Å². The molecule has 0 radical (unpaired) electrons.